The van der Waals surface area contributed by atoms with Gasteiger partial charge in [-0.05, 0) is 13.0 Å². The highest BCUT2D eigenvalue weighted by Crippen LogP contribution is 2.12. The Hall–Kier alpha value is -3.04. The molecule has 0 fully saturated rings. The maximum atomic E-state index is 11.7. The lowest BCUT2D eigenvalue weighted by Crippen LogP contribution is -2.27. The van der Waals surface area contributed by atoms with Crippen molar-refractivity contribution >= 4 is 5.91 Å². The molecule has 1 amide bonds. The number of hydrogen-bond acceptors (Lipinski definition) is 7. The van der Waals surface area contributed by atoms with E-state index in [-0.39, 0.29) is 5.91 Å². The smallest absolute Gasteiger partial charge is 0.280 e. The number of aromatic amines is 1. The maximum absolute atomic E-state index is 11.7. The minimum Gasteiger partial charge on any atom is -0.349 e. The molecule has 0 unspecified atom stereocenters. The van der Waals surface area contributed by atoms with Crippen molar-refractivity contribution in [2.45, 2.75) is 13.5 Å². The third-order valence-electron chi connectivity index (χ3n) is 2.66. The molecule has 21 heavy (non-hydrogen) atoms. The molecule has 2 N–H and O–H groups in total. The molecule has 0 saturated heterocycles. The molecule has 0 aliphatic carbocycles. The number of aryl methyl sites for hydroxylation is 1. The highest BCUT2D eigenvalue weighted by Gasteiger charge is 2.11. The van der Waals surface area contributed by atoms with Crippen LogP contribution in [-0.4, -0.2) is 47.8 Å². The van der Waals surface area contributed by atoms with Crippen LogP contribution in [0.4, 0.5) is 0 Å². The Kier molecular flexibility index (Phi) is 3.41. The summed E-state index contributed by atoms with van der Waals surface area (Å²) in [6, 6.07) is 1.60. The second kappa shape index (κ2) is 5.53. The molecule has 3 aromatic rings. The van der Waals surface area contributed by atoms with Crippen molar-refractivity contribution in [3.8, 4) is 11.6 Å². The molecular formula is C11H12N8O2. The van der Waals surface area contributed by atoms with Crippen molar-refractivity contribution in [3.63, 3.8) is 0 Å². The molecule has 3 heterocycles. The zero-order chi connectivity index (χ0) is 14.7. The Labute approximate surface area is 118 Å². The number of carbonyl (C=O) groups excluding carboxylic acids is 1. The fraction of sp³-hybridized carbons (Fsp3) is 0.273. The van der Waals surface area contributed by atoms with Gasteiger partial charge in [0, 0.05) is 12.7 Å². The van der Waals surface area contributed by atoms with Crippen molar-refractivity contribution in [2.75, 3.05) is 6.54 Å². The summed E-state index contributed by atoms with van der Waals surface area (Å²) in [7, 11) is 0. The highest BCUT2D eigenvalue weighted by molar-refractivity contribution is 5.91. The average Bonchev–Trinajstić information content (AvgIpc) is 3.19. The van der Waals surface area contributed by atoms with Crippen LogP contribution in [0.25, 0.3) is 11.6 Å². The van der Waals surface area contributed by atoms with E-state index >= 15 is 0 Å². The van der Waals surface area contributed by atoms with E-state index in [1.165, 1.54) is 6.20 Å². The predicted octanol–water partition coefficient (Wildman–Crippen LogP) is -0.210. The molecule has 0 aliphatic rings. The fourth-order valence-electron chi connectivity index (χ4n) is 1.67. The van der Waals surface area contributed by atoms with Crippen LogP contribution < -0.4 is 5.32 Å². The minimum absolute atomic E-state index is 0.222. The van der Waals surface area contributed by atoms with E-state index < -0.39 is 0 Å². The number of rotatable bonds is 5. The lowest BCUT2D eigenvalue weighted by Gasteiger charge is -2.02. The molecule has 0 atom stereocenters. The van der Waals surface area contributed by atoms with Crippen LogP contribution in [0.1, 0.15) is 16.3 Å². The van der Waals surface area contributed by atoms with E-state index in [2.05, 4.69) is 36.0 Å². The molecule has 0 bridgehead atoms. The van der Waals surface area contributed by atoms with Crippen molar-refractivity contribution in [1.29, 1.82) is 0 Å². The standard InChI is InChI=1S/C11H12N8O2/c1-7-14-11(21-17-7)9-6-19(18-16-9)5-4-12-10(20)8-2-3-13-15-8/h2-3,6H,4-5H2,1H3,(H,12,20)(H,13,15). The van der Waals surface area contributed by atoms with Gasteiger partial charge in [0.2, 0.25) is 0 Å². The van der Waals surface area contributed by atoms with Crippen LogP contribution in [0.15, 0.2) is 23.0 Å². The third-order valence-corrected chi connectivity index (χ3v) is 2.66. The lowest BCUT2D eigenvalue weighted by molar-refractivity contribution is 0.0947. The van der Waals surface area contributed by atoms with Gasteiger partial charge in [0.15, 0.2) is 11.5 Å². The summed E-state index contributed by atoms with van der Waals surface area (Å²) in [6.07, 6.45) is 3.19. The number of nitrogens with zero attached hydrogens (tertiary/aromatic N) is 6. The van der Waals surface area contributed by atoms with Crippen LogP contribution in [-0.2, 0) is 6.54 Å². The van der Waals surface area contributed by atoms with E-state index in [9.17, 15) is 4.79 Å². The highest BCUT2D eigenvalue weighted by atomic mass is 16.5. The van der Waals surface area contributed by atoms with Gasteiger partial charge in [-0.25, -0.2) is 4.68 Å². The number of H-pyrrole nitrogens is 1. The molecule has 108 valence electrons. The largest absolute Gasteiger partial charge is 0.349 e. The van der Waals surface area contributed by atoms with E-state index in [0.29, 0.717) is 36.2 Å². The molecular weight excluding hydrogens is 276 g/mol. The maximum Gasteiger partial charge on any atom is 0.280 e. The molecule has 0 aliphatic heterocycles. The molecule has 10 nitrogen and oxygen atoms in total. The van der Waals surface area contributed by atoms with Crippen molar-refractivity contribution in [3.05, 3.63) is 30.0 Å². The van der Waals surface area contributed by atoms with Crippen molar-refractivity contribution in [1.82, 2.24) is 40.6 Å². The molecule has 10 heteroatoms. The number of aromatic nitrogens is 7. The zero-order valence-electron chi connectivity index (χ0n) is 11.1. The molecule has 0 spiro atoms. The monoisotopic (exact) mass is 288 g/mol. The molecule has 0 saturated carbocycles. The summed E-state index contributed by atoms with van der Waals surface area (Å²) < 4.78 is 6.58. The van der Waals surface area contributed by atoms with Crippen LogP contribution in [0.5, 0.6) is 0 Å². The van der Waals surface area contributed by atoms with Gasteiger partial charge in [0.25, 0.3) is 11.8 Å². The Bertz CT molecular complexity index is 729. The summed E-state index contributed by atoms with van der Waals surface area (Å²) in [5.74, 6) is 0.631. The SMILES string of the molecule is Cc1noc(-c2cn(CCNC(=O)c3ccn[nH]3)nn2)n1. The first-order valence-corrected chi connectivity index (χ1v) is 6.21. The van der Waals surface area contributed by atoms with Crippen LogP contribution >= 0.6 is 0 Å². The quantitative estimate of drug-likeness (QED) is 0.664. The van der Waals surface area contributed by atoms with Gasteiger partial charge in [-0.2, -0.15) is 10.1 Å². The van der Waals surface area contributed by atoms with E-state index in [1.54, 1.807) is 23.9 Å². The molecule has 3 rings (SSSR count). The van der Waals surface area contributed by atoms with Gasteiger partial charge in [0.05, 0.1) is 12.7 Å². The average molecular weight is 288 g/mol. The van der Waals surface area contributed by atoms with Crippen molar-refractivity contribution in [2.24, 2.45) is 0 Å². The van der Waals surface area contributed by atoms with Crippen LogP contribution in [0, 0.1) is 6.92 Å². The second-order valence-electron chi connectivity index (χ2n) is 4.24. The number of amides is 1. The number of nitrogens with one attached hydrogen (secondary N) is 2. The van der Waals surface area contributed by atoms with Crippen LogP contribution in [0.2, 0.25) is 0 Å². The lowest BCUT2D eigenvalue weighted by atomic mass is 10.4. The van der Waals surface area contributed by atoms with Crippen molar-refractivity contribution < 1.29 is 9.32 Å². The van der Waals surface area contributed by atoms with Gasteiger partial charge in [0.1, 0.15) is 5.69 Å². The molecule has 0 radical (unpaired) electrons. The minimum atomic E-state index is -0.222. The first-order chi connectivity index (χ1) is 10.2. The van der Waals surface area contributed by atoms with E-state index in [1.807, 2.05) is 0 Å². The van der Waals surface area contributed by atoms with Gasteiger partial charge in [-0.1, -0.05) is 10.4 Å². The van der Waals surface area contributed by atoms with E-state index in [4.69, 9.17) is 4.52 Å². The second-order valence-corrected chi connectivity index (χ2v) is 4.24. The Morgan fingerprint density at radius 1 is 1.52 bits per heavy atom. The molecule has 3 aromatic heterocycles. The Balaban J connectivity index is 1.54. The Morgan fingerprint density at radius 2 is 2.43 bits per heavy atom. The fourth-order valence-corrected chi connectivity index (χ4v) is 1.67. The van der Waals surface area contributed by atoms with Gasteiger partial charge >= 0.3 is 0 Å². The summed E-state index contributed by atoms with van der Waals surface area (Å²) in [5, 5.41) is 20.6. The van der Waals surface area contributed by atoms with Gasteiger partial charge in [-0.15, -0.1) is 5.10 Å². The summed E-state index contributed by atoms with van der Waals surface area (Å²) >= 11 is 0. The van der Waals surface area contributed by atoms with Gasteiger partial charge in [-0.3, -0.25) is 9.89 Å². The Morgan fingerprint density at radius 3 is 3.14 bits per heavy atom. The molecule has 0 aromatic carbocycles. The van der Waals surface area contributed by atoms with Gasteiger partial charge < -0.3 is 9.84 Å². The third kappa shape index (κ3) is 2.94. The first kappa shape index (κ1) is 13.0. The normalized spacial score (nSPS) is 10.7. The number of carbonyl (C=O) groups is 1. The summed E-state index contributed by atoms with van der Waals surface area (Å²) in [5.41, 5.74) is 0.908. The predicted molar refractivity (Wildman–Crippen MR) is 69.0 cm³/mol. The zero-order valence-corrected chi connectivity index (χ0v) is 11.1. The first-order valence-electron chi connectivity index (χ1n) is 6.21. The van der Waals surface area contributed by atoms with Crippen LogP contribution in [0.3, 0.4) is 0 Å². The number of hydrogen-bond donors (Lipinski definition) is 2. The summed E-state index contributed by atoms with van der Waals surface area (Å²) in [6.45, 7) is 2.60. The topological polar surface area (TPSA) is 127 Å². The summed E-state index contributed by atoms with van der Waals surface area (Å²) in [4.78, 5) is 15.7. The van der Waals surface area contributed by atoms with E-state index in [0.717, 1.165) is 0 Å².